The normalized spacial score (nSPS) is 29.2. The molecule has 2 aromatic rings. The summed E-state index contributed by atoms with van der Waals surface area (Å²) in [6, 6.07) is 12.5. The second-order valence-corrected chi connectivity index (χ2v) is 10.3. The first kappa shape index (κ1) is 20.2. The quantitative estimate of drug-likeness (QED) is 0.565. The molecule has 4 aliphatic carbocycles. The SMILES string of the molecule is COc1cc(CNC23CC4CC(CC(C4)C2)C3)cc(Cl)c1OCc1ccc(C)cc1. The zero-order valence-electron chi connectivity index (χ0n) is 18.0. The van der Waals surface area contributed by atoms with E-state index in [2.05, 4.69) is 42.6 Å². The number of methoxy groups -OCH3 is 1. The first-order chi connectivity index (χ1) is 14.5. The van der Waals surface area contributed by atoms with Crippen molar-refractivity contribution in [1.29, 1.82) is 0 Å². The van der Waals surface area contributed by atoms with Crippen LogP contribution in [0.15, 0.2) is 36.4 Å². The van der Waals surface area contributed by atoms with Crippen molar-refractivity contribution in [2.75, 3.05) is 7.11 Å². The molecule has 0 radical (unpaired) electrons. The Hall–Kier alpha value is -1.71. The Bertz CT molecular complexity index is 873. The van der Waals surface area contributed by atoms with E-state index >= 15 is 0 Å². The Labute approximate surface area is 185 Å². The number of nitrogens with one attached hydrogen (secondary N) is 1. The van der Waals surface area contributed by atoms with E-state index in [1.54, 1.807) is 7.11 Å². The zero-order chi connectivity index (χ0) is 20.7. The summed E-state index contributed by atoms with van der Waals surface area (Å²) in [7, 11) is 1.68. The molecule has 4 saturated carbocycles. The zero-order valence-corrected chi connectivity index (χ0v) is 18.8. The molecule has 4 heteroatoms. The number of benzene rings is 2. The standard InChI is InChI=1S/C26H32ClNO2/c1-17-3-5-18(6-4-17)16-30-25-23(27)10-22(11-24(25)29-2)15-28-26-12-19-7-20(13-26)9-21(8-19)14-26/h3-6,10-11,19-21,28H,7-9,12-16H2,1-2H3. The van der Waals surface area contributed by atoms with Gasteiger partial charge in [-0.15, -0.1) is 0 Å². The second kappa shape index (κ2) is 8.09. The molecule has 4 aliphatic rings. The van der Waals surface area contributed by atoms with Crippen LogP contribution in [0.4, 0.5) is 0 Å². The summed E-state index contributed by atoms with van der Waals surface area (Å²) in [5.41, 5.74) is 3.86. The van der Waals surface area contributed by atoms with Crippen LogP contribution < -0.4 is 14.8 Å². The third-order valence-electron chi connectivity index (χ3n) is 7.50. The largest absolute Gasteiger partial charge is 0.493 e. The van der Waals surface area contributed by atoms with E-state index in [9.17, 15) is 0 Å². The van der Waals surface area contributed by atoms with Gasteiger partial charge in [0.05, 0.1) is 12.1 Å². The summed E-state index contributed by atoms with van der Waals surface area (Å²) in [4.78, 5) is 0. The van der Waals surface area contributed by atoms with Gasteiger partial charge in [-0.05, 0) is 86.5 Å². The van der Waals surface area contributed by atoms with Crippen LogP contribution in [-0.2, 0) is 13.2 Å². The molecule has 4 bridgehead atoms. The van der Waals surface area contributed by atoms with Crippen molar-refractivity contribution in [2.24, 2.45) is 17.8 Å². The number of aryl methyl sites for hydroxylation is 1. The lowest BCUT2D eigenvalue weighted by molar-refractivity contribution is -0.0206. The fourth-order valence-electron chi connectivity index (χ4n) is 6.47. The van der Waals surface area contributed by atoms with E-state index < -0.39 is 0 Å². The predicted molar refractivity (Wildman–Crippen MR) is 121 cm³/mol. The van der Waals surface area contributed by atoms with Crippen molar-refractivity contribution in [3.8, 4) is 11.5 Å². The Kier molecular flexibility index (Phi) is 5.45. The molecule has 0 heterocycles. The summed E-state index contributed by atoms with van der Waals surface area (Å²) in [6.07, 6.45) is 8.44. The molecule has 6 rings (SSSR count). The molecule has 0 aliphatic heterocycles. The molecular formula is C26H32ClNO2. The molecule has 1 N–H and O–H groups in total. The third-order valence-corrected chi connectivity index (χ3v) is 7.78. The highest BCUT2D eigenvalue weighted by Crippen LogP contribution is 2.55. The van der Waals surface area contributed by atoms with E-state index in [0.717, 1.165) is 35.4 Å². The van der Waals surface area contributed by atoms with Crippen LogP contribution in [0.3, 0.4) is 0 Å². The minimum absolute atomic E-state index is 0.342. The summed E-state index contributed by atoms with van der Waals surface area (Å²) in [6.45, 7) is 3.39. The van der Waals surface area contributed by atoms with Gasteiger partial charge in [-0.25, -0.2) is 0 Å². The van der Waals surface area contributed by atoms with Crippen LogP contribution in [-0.4, -0.2) is 12.6 Å². The average Bonchev–Trinajstić information content (AvgIpc) is 2.71. The van der Waals surface area contributed by atoms with Gasteiger partial charge in [-0.1, -0.05) is 41.4 Å². The highest BCUT2D eigenvalue weighted by Gasteiger charge is 2.50. The maximum absolute atomic E-state index is 6.63. The van der Waals surface area contributed by atoms with Crippen molar-refractivity contribution in [3.05, 3.63) is 58.1 Å². The summed E-state index contributed by atoms with van der Waals surface area (Å²) < 4.78 is 11.7. The van der Waals surface area contributed by atoms with Crippen LogP contribution in [0.5, 0.6) is 11.5 Å². The lowest BCUT2D eigenvalue weighted by Gasteiger charge is -2.57. The summed E-state index contributed by atoms with van der Waals surface area (Å²) >= 11 is 6.63. The molecule has 2 aromatic carbocycles. The Morgan fingerprint density at radius 3 is 2.20 bits per heavy atom. The minimum Gasteiger partial charge on any atom is -0.493 e. The Balaban J connectivity index is 1.27. The maximum Gasteiger partial charge on any atom is 0.180 e. The minimum atomic E-state index is 0.342. The van der Waals surface area contributed by atoms with Crippen LogP contribution in [0.25, 0.3) is 0 Å². The third kappa shape index (κ3) is 4.07. The van der Waals surface area contributed by atoms with Gasteiger partial charge >= 0.3 is 0 Å². The Morgan fingerprint density at radius 2 is 1.60 bits per heavy atom. The van der Waals surface area contributed by atoms with Gasteiger partial charge in [0.1, 0.15) is 6.61 Å². The van der Waals surface area contributed by atoms with Gasteiger partial charge in [0.15, 0.2) is 11.5 Å². The summed E-state index contributed by atoms with van der Waals surface area (Å²) in [5.74, 6) is 4.16. The molecule has 4 fully saturated rings. The van der Waals surface area contributed by atoms with E-state index in [4.69, 9.17) is 21.1 Å². The molecule has 0 aromatic heterocycles. The molecule has 3 nitrogen and oxygen atoms in total. The van der Waals surface area contributed by atoms with Crippen LogP contribution in [0, 0.1) is 24.7 Å². The van der Waals surface area contributed by atoms with Gasteiger partial charge in [0.25, 0.3) is 0 Å². The molecule has 160 valence electrons. The van der Waals surface area contributed by atoms with E-state index in [-0.39, 0.29) is 0 Å². The predicted octanol–water partition coefficient (Wildman–Crippen LogP) is 6.29. The number of ether oxygens (including phenoxy) is 2. The highest BCUT2D eigenvalue weighted by atomic mass is 35.5. The monoisotopic (exact) mass is 425 g/mol. The summed E-state index contributed by atoms with van der Waals surface area (Å²) in [5, 5.41) is 4.56. The lowest BCUT2D eigenvalue weighted by atomic mass is 9.53. The van der Waals surface area contributed by atoms with E-state index in [1.807, 2.05) is 6.07 Å². The van der Waals surface area contributed by atoms with Crippen molar-refractivity contribution in [3.63, 3.8) is 0 Å². The van der Waals surface area contributed by atoms with Crippen LogP contribution >= 0.6 is 11.6 Å². The first-order valence-electron chi connectivity index (χ1n) is 11.3. The van der Waals surface area contributed by atoms with Crippen LogP contribution in [0.2, 0.25) is 5.02 Å². The fourth-order valence-corrected chi connectivity index (χ4v) is 6.76. The lowest BCUT2D eigenvalue weighted by Crippen LogP contribution is -2.58. The molecular weight excluding hydrogens is 394 g/mol. The molecule has 0 saturated heterocycles. The second-order valence-electron chi connectivity index (χ2n) is 9.93. The molecule has 0 amide bonds. The van der Waals surface area contributed by atoms with Crippen molar-refractivity contribution < 1.29 is 9.47 Å². The highest BCUT2D eigenvalue weighted by molar-refractivity contribution is 6.32. The van der Waals surface area contributed by atoms with Gasteiger partial charge in [0, 0.05) is 12.1 Å². The van der Waals surface area contributed by atoms with Crippen molar-refractivity contribution >= 4 is 11.6 Å². The number of rotatable bonds is 7. The fraction of sp³-hybridized carbons (Fsp3) is 0.538. The van der Waals surface area contributed by atoms with Crippen LogP contribution in [0.1, 0.15) is 55.2 Å². The Morgan fingerprint density at radius 1 is 0.967 bits per heavy atom. The maximum atomic E-state index is 6.63. The van der Waals surface area contributed by atoms with Gasteiger partial charge in [-0.2, -0.15) is 0 Å². The van der Waals surface area contributed by atoms with Gasteiger partial charge < -0.3 is 14.8 Å². The molecule has 0 atom stereocenters. The first-order valence-corrected chi connectivity index (χ1v) is 11.7. The molecule has 0 unspecified atom stereocenters. The van der Waals surface area contributed by atoms with Gasteiger partial charge in [-0.3, -0.25) is 0 Å². The smallest absolute Gasteiger partial charge is 0.180 e. The molecule has 30 heavy (non-hydrogen) atoms. The number of halogens is 1. The van der Waals surface area contributed by atoms with Crippen molar-refractivity contribution in [2.45, 2.75) is 64.1 Å². The van der Waals surface area contributed by atoms with E-state index in [0.29, 0.717) is 28.7 Å². The number of hydrogen-bond donors (Lipinski definition) is 1. The average molecular weight is 426 g/mol. The number of hydrogen-bond acceptors (Lipinski definition) is 3. The van der Waals surface area contributed by atoms with Gasteiger partial charge in [0.2, 0.25) is 0 Å². The topological polar surface area (TPSA) is 30.5 Å². The van der Waals surface area contributed by atoms with Crippen molar-refractivity contribution in [1.82, 2.24) is 5.32 Å². The van der Waals surface area contributed by atoms with E-state index in [1.165, 1.54) is 44.1 Å². The molecule has 0 spiro atoms.